The van der Waals surface area contributed by atoms with Crippen molar-refractivity contribution in [3.05, 3.63) is 0 Å². The van der Waals surface area contributed by atoms with Gasteiger partial charge in [0.15, 0.2) is 0 Å². The summed E-state index contributed by atoms with van der Waals surface area (Å²) in [5.41, 5.74) is 0. The summed E-state index contributed by atoms with van der Waals surface area (Å²) >= 11 is 0. The number of hydrogen-bond donors (Lipinski definition) is 0. The molecule has 4 fully saturated rings. The lowest BCUT2D eigenvalue weighted by Gasteiger charge is -2.31. The zero-order chi connectivity index (χ0) is 20.7. The molecule has 0 aromatic rings. The molecule has 4 rings (SSSR count). The van der Waals surface area contributed by atoms with E-state index in [4.69, 9.17) is 0 Å². The largest absolute Gasteiger partial charge is 0.323 e. The quantitative estimate of drug-likeness (QED) is 0.615. The Balaban J connectivity index is 1.54. The van der Waals surface area contributed by atoms with Crippen molar-refractivity contribution in [2.75, 3.05) is 55.4 Å². The van der Waals surface area contributed by atoms with Crippen molar-refractivity contribution in [3.8, 4) is 0 Å². The Morgan fingerprint density at radius 2 is 0.714 bits per heavy atom. The number of rotatable bonds is 3. The maximum atomic E-state index is 12.8. The van der Waals surface area contributed by atoms with Crippen molar-refractivity contribution in [2.45, 2.75) is 24.7 Å². The van der Waals surface area contributed by atoms with Gasteiger partial charge in [-0.05, 0) is 0 Å². The molecule has 0 unspecified atom stereocenters. The molecule has 0 radical (unpaired) electrons. The van der Waals surface area contributed by atoms with Crippen LogP contribution in [0.1, 0.15) is 0 Å². The highest BCUT2D eigenvalue weighted by Crippen LogP contribution is 2.34. The highest BCUT2D eigenvalue weighted by atomic mass is 16.2. The molecule has 12 heteroatoms. The molecular weight excluding hydrogens is 368 g/mol. The molecule has 0 aromatic carbocycles. The predicted molar refractivity (Wildman–Crippen MR) is 96.7 cm³/mol. The Labute approximate surface area is 163 Å². The first-order chi connectivity index (χ1) is 13.1. The van der Waals surface area contributed by atoms with Crippen molar-refractivity contribution in [1.82, 2.24) is 39.2 Å². The van der Waals surface area contributed by atoms with Gasteiger partial charge in [0.25, 0.3) is 0 Å². The number of amides is 8. The molecule has 12 nitrogen and oxygen atoms in total. The Morgan fingerprint density at radius 3 is 1.04 bits per heavy atom. The van der Waals surface area contributed by atoms with Gasteiger partial charge >= 0.3 is 24.1 Å². The average molecular weight is 394 g/mol. The van der Waals surface area contributed by atoms with E-state index in [0.717, 1.165) is 0 Å². The molecule has 0 aliphatic carbocycles. The van der Waals surface area contributed by atoms with E-state index in [-0.39, 0.29) is 49.5 Å². The van der Waals surface area contributed by atoms with Gasteiger partial charge in [0, 0.05) is 55.4 Å². The van der Waals surface area contributed by atoms with Crippen LogP contribution in [0.4, 0.5) is 19.2 Å². The third-order valence-electron chi connectivity index (χ3n) is 6.44. The van der Waals surface area contributed by atoms with Gasteiger partial charge in [-0.2, -0.15) is 0 Å². The Kier molecular flexibility index (Phi) is 3.81. The molecule has 4 aliphatic rings. The van der Waals surface area contributed by atoms with Crippen LogP contribution >= 0.6 is 0 Å². The minimum atomic E-state index is -0.410. The highest BCUT2D eigenvalue weighted by Gasteiger charge is 2.58. The van der Waals surface area contributed by atoms with E-state index >= 15 is 0 Å². The van der Waals surface area contributed by atoms with Crippen LogP contribution in [0, 0.1) is 0 Å². The fourth-order valence-electron chi connectivity index (χ4n) is 4.94. The minimum absolute atomic E-state index is 0.154. The predicted octanol–water partition coefficient (Wildman–Crippen LogP) is -0.980. The summed E-state index contributed by atoms with van der Waals surface area (Å²) < 4.78 is 0. The number of fused-ring (bicyclic) bond motifs is 2. The molecule has 0 N–H and O–H groups in total. The van der Waals surface area contributed by atoms with Crippen molar-refractivity contribution in [3.63, 3.8) is 0 Å². The number of hydrogen-bond acceptors (Lipinski definition) is 4. The Hall–Kier alpha value is -2.92. The summed E-state index contributed by atoms with van der Waals surface area (Å²) in [6.45, 7) is 0.536. The lowest BCUT2D eigenvalue weighted by molar-refractivity contribution is 0.111. The second-order valence-corrected chi connectivity index (χ2v) is 7.84. The topological polar surface area (TPSA) is 94.2 Å². The van der Waals surface area contributed by atoms with E-state index in [1.165, 1.54) is 0 Å². The molecule has 4 atom stereocenters. The molecule has 28 heavy (non-hydrogen) atoms. The van der Waals surface area contributed by atoms with Crippen LogP contribution in [0.25, 0.3) is 0 Å². The normalized spacial score (nSPS) is 32.6. The van der Waals surface area contributed by atoms with Crippen LogP contribution in [-0.4, -0.2) is 143 Å². The molecule has 4 aliphatic heterocycles. The third kappa shape index (κ3) is 2.05. The molecular formula is C16H26N8O4. The zero-order valence-corrected chi connectivity index (χ0v) is 16.9. The molecule has 4 heterocycles. The lowest BCUT2D eigenvalue weighted by atomic mass is 10.3. The molecule has 4 saturated heterocycles. The minimum Gasteiger partial charge on any atom is -0.303 e. The van der Waals surface area contributed by atoms with Gasteiger partial charge in [0.2, 0.25) is 0 Å². The second-order valence-electron chi connectivity index (χ2n) is 7.84. The number of likely N-dealkylation sites (N-methyl/N-ethyl adjacent to an activating group) is 6. The number of nitrogens with zero attached hydrogens (tertiary/aromatic N) is 8. The molecule has 0 bridgehead atoms. The van der Waals surface area contributed by atoms with Crippen LogP contribution in [0.2, 0.25) is 0 Å². The van der Waals surface area contributed by atoms with Crippen molar-refractivity contribution in [1.29, 1.82) is 0 Å². The molecule has 154 valence electrons. The number of carbonyl (C=O) groups is 4. The van der Waals surface area contributed by atoms with E-state index in [9.17, 15) is 19.2 Å². The fraction of sp³-hybridized carbons (Fsp3) is 0.750. The Bertz CT molecular complexity index is 699. The summed E-state index contributed by atoms with van der Waals surface area (Å²) in [6, 6.07) is -0.685. The fourth-order valence-corrected chi connectivity index (χ4v) is 4.94. The van der Waals surface area contributed by atoms with E-state index in [2.05, 4.69) is 0 Å². The van der Waals surface area contributed by atoms with Crippen molar-refractivity contribution >= 4 is 24.1 Å². The van der Waals surface area contributed by atoms with Crippen LogP contribution in [0.3, 0.4) is 0 Å². The van der Waals surface area contributed by atoms with Crippen LogP contribution in [-0.2, 0) is 0 Å². The van der Waals surface area contributed by atoms with Gasteiger partial charge in [0.1, 0.15) is 24.7 Å². The van der Waals surface area contributed by atoms with E-state index in [1.807, 2.05) is 0 Å². The van der Waals surface area contributed by atoms with Crippen molar-refractivity contribution < 1.29 is 19.2 Å². The smallest absolute Gasteiger partial charge is 0.303 e. The van der Waals surface area contributed by atoms with E-state index < -0.39 is 12.3 Å². The first-order valence-electron chi connectivity index (χ1n) is 9.15. The van der Waals surface area contributed by atoms with Crippen molar-refractivity contribution in [2.24, 2.45) is 0 Å². The van der Waals surface area contributed by atoms with Gasteiger partial charge < -0.3 is 29.4 Å². The molecule has 8 amide bonds. The SMILES string of the molecule is CN1C(=O)N(C)[C@@H]2[C@H]1N(C)C(=O)N2CCN1C(=O)N(C)[C@H]2[C@H]1N(C)C(=O)N2C. The maximum Gasteiger partial charge on any atom is 0.323 e. The van der Waals surface area contributed by atoms with E-state index in [0.29, 0.717) is 0 Å². The van der Waals surface area contributed by atoms with Crippen LogP contribution in [0.5, 0.6) is 0 Å². The van der Waals surface area contributed by atoms with Gasteiger partial charge in [-0.15, -0.1) is 0 Å². The highest BCUT2D eigenvalue weighted by molar-refractivity contribution is 5.86. The van der Waals surface area contributed by atoms with Gasteiger partial charge in [-0.1, -0.05) is 0 Å². The zero-order valence-electron chi connectivity index (χ0n) is 16.9. The summed E-state index contributed by atoms with van der Waals surface area (Å²) in [5, 5.41) is 0. The summed E-state index contributed by atoms with van der Waals surface area (Å²) in [7, 11) is 10.0. The monoisotopic (exact) mass is 394 g/mol. The van der Waals surface area contributed by atoms with Gasteiger partial charge in [0.05, 0.1) is 0 Å². The third-order valence-corrected chi connectivity index (χ3v) is 6.44. The second kappa shape index (κ2) is 5.79. The first kappa shape index (κ1) is 18.4. The lowest BCUT2D eigenvalue weighted by Crippen LogP contribution is -2.51. The summed E-state index contributed by atoms with van der Waals surface area (Å²) in [4.78, 5) is 62.7. The molecule has 0 spiro atoms. The van der Waals surface area contributed by atoms with E-state index in [1.54, 1.807) is 81.5 Å². The standard InChI is InChI=1S/C16H26N8O4/c1-17-9-11(21(5)13(17)25)23(15(27)19(9)3)7-8-24-12-10(20(4)16(24)28)18(2)14(26)22(12)6/h9-12H,7-8H2,1-6H3/t9-,10+,11-,12-/m0/s1. The molecule has 0 aromatic heterocycles. The first-order valence-corrected chi connectivity index (χ1v) is 9.15. The van der Waals surface area contributed by atoms with Crippen LogP contribution < -0.4 is 0 Å². The molecule has 0 saturated carbocycles. The van der Waals surface area contributed by atoms with Gasteiger partial charge in [-0.3, -0.25) is 9.80 Å². The number of urea groups is 4. The van der Waals surface area contributed by atoms with Crippen LogP contribution in [0.15, 0.2) is 0 Å². The summed E-state index contributed by atoms with van der Waals surface area (Å²) in [5.74, 6) is 0. The average Bonchev–Trinajstić information content (AvgIpc) is 3.23. The van der Waals surface area contributed by atoms with Gasteiger partial charge in [-0.25, -0.2) is 19.2 Å². The Morgan fingerprint density at radius 1 is 0.464 bits per heavy atom. The number of carbonyl (C=O) groups excluding carboxylic acids is 4. The summed E-state index contributed by atoms with van der Waals surface area (Å²) in [6.07, 6.45) is -1.55. The maximum absolute atomic E-state index is 12.8.